The van der Waals surface area contributed by atoms with Crippen molar-refractivity contribution in [3.05, 3.63) is 60.2 Å². The van der Waals surface area contributed by atoms with Crippen molar-refractivity contribution < 1.29 is 0 Å². The summed E-state index contributed by atoms with van der Waals surface area (Å²) < 4.78 is 1.80. The summed E-state index contributed by atoms with van der Waals surface area (Å²) in [6.45, 7) is 3.99. The van der Waals surface area contributed by atoms with E-state index in [1.165, 1.54) is 0 Å². The molecule has 0 aliphatic rings. The second-order valence-electron chi connectivity index (χ2n) is 5.81. The summed E-state index contributed by atoms with van der Waals surface area (Å²) in [7, 11) is 3.68. The number of hydrogen-bond donors (Lipinski definition) is 0. The molecule has 0 saturated heterocycles. The molecule has 3 aromatic rings. The lowest BCUT2D eigenvalue weighted by molar-refractivity contribution is 0.768. The Hall–Kier alpha value is -3.08. The van der Waals surface area contributed by atoms with Crippen LogP contribution in [0.1, 0.15) is 18.2 Å². The molecule has 0 aliphatic heterocycles. The van der Waals surface area contributed by atoms with Crippen LogP contribution in [0.2, 0.25) is 0 Å². The molecule has 1 aromatic carbocycles. The lowest BCUT2D eigenvalue weighted by Gasteiger charge is -2.08. The highest BCUT2D eigenvalue weighted by molar-refractivity contribution is 6.09. The molecule has 5 heteroatoms. The van der Waals surface area contributed by atoms with Crippen LogP contribution in [-0.4, -0.2) is 33.0 Å². The van der Waals surface area contributed by atoms with Crippen molar-refractivity contribution in [3.63, 3.8) is 0 Å². The zero-order chi connectivity index (χ0) is 17.8. The number of nitrogens with zero attached hydrogens (tertiary/aromatic N) is 5. The summed E-state index contributed by atoms with van der Waals surface area (Å²) in [5, 5.41) is 4.23. The molecule has 0 radical (unpaired) electrons. The smallest absolute Gasteiger partial charge is 0.159 e. The van der Waals surface area contributed by atoms with Crippen molar-refractivity contribution in [2.24, 2.45) is 12.0 Å². The average molecular weight is 331 g/mol. The van der Waals surface area contributed by atoms with Gasteiger partial charge in [0.2, 0.25) is 0 Å². The molecule has 0 fully saturated rings. The molecule has 25 heavy (non-hydrogen) atoms. The normalized spacial score (nSPS) is 12.1. The quantitative estimate of drug-likeness (QED) is 0.680. The monoisotopic (exact) mass is 331 g/mol. The fourth-order valence-electron chi connectivity index (χ4n) is 2.74. The van der Waals surface area contributed by atoms with E-state index < -0.39 is 0 Å². The SMILES string of the molecule is C/C=C(\C=NC)c1cnc(-c2cccc(-c3cnn(C)c3)c2)nc1C. The lowest BCUT2D eigenvalue weighted by Crippen LogP contribution is -1.98. The Morgan fingerprint density at radius 2 is 1.96 bits per heavy atom. The van der Waals surface area contributed by atoms with Crippen LogP contribution in [0.25, 0.3) is 28.1 Å². The average Bonchev–Trinajstić information content (AvgIpc) is 3.06. The van der Waals surface area contributed by atoms with Crippen molar-refractivity contribution in [2.75, 3.05) is 7.05 Å². The maximum absolute atomic E-state index is 4.70. The minimum Gasteiger partial charge on any atom is -0.296 e. The van der Waals surface area contributed by atoms with Gasteiger partial charge in [0.25, 0.3) is 0 Å². The Bertz CT molecular complexity index is 950. The van der Waals surface area contributed by atoms with Crippen LogP contribution in [0.3, 0.4) is 0 Å². The van der Waals surface area contributed by atoms with E-state index in [0.29, 0.717) is 0 Å². The van der Waals surface area contributed by atoms with Gasteiger partial charge in [-0.2, -0.15) is 5.10 Å². The van der Waals surface area contributed by atoms with Gasteiger partial charge in [-0.05, 0) is 31.1 Å². The molecule has 0 bridgehead atoms. The first-order valence-electron chi connectivity index (χ1n) is 8.14. The third kappa shape index (κ3) is 3.55. The minimum atomic E-state index is 0.718. The summed E-state index contributed by atoms with van der Waals surface area (Å²) in [6, 6.07) is 8.21. The summed E-state index contributed by atoms with van der Waals surface area (Å²) in [4.78, 5) is 13.4. The number of aromatic nitrogens is 4. The molecule has 0 N–H and O–H groups in total. The minimum absolute atomic E-state index is 0.718. The number of aryl methyl sites for hydroxylation is 2. The van der Waals surface area contributed by atoms with Gasteiger partial charge in [0, 0.05) is 55.1 Å². The molecule has 0 spiro atoms. The maximum atomic E-state index is 4.70. The molecule has 0 unspecified atom stereocenters. The number of rotatable bonds is 4. The Labute approximate surface area is 147 Å². The van der Waals surface area contributed by atoms with Crippen LogP contribution in [0, 0.1) is 6.92 Å². The van der Waals surface area contributed by atoms with E-state index in [2.05, 4.69) is 27.2 Å². The Morgan fingerprint density at radius 3 is 2.60 bits per heavy atom. The molecule has 0 saturated carbocycles. The van der Waals surface area contributed by atoms with E-state index in [4.69, 9.17) is 4.98 Å². The standard InChI is InChI=1S/C20H21N5/c1-5-15(10-21-3)19-12-22-20(24-14(19)2)17-8-6-7-16(9-17)18-11-23-25(4)13-18/h5-13H,1-4H3/b15-5+,21-10?. The lowest BCUT2D eigenvalue weighted by atomic mass is 10.0. The maximum Gasteiger partial charge on any atom is 0.159 e. The van der Waals surface area contributed by atoms with Crippen LogP contribution < -0.4 is 0 Å². The van der Waals surface area contributed by atoms with E-state index in [1.807, 2.05) is 63.9 Å². The van der Waals surface area contributed by atoms with Gasteiger partial charge in [0.1, 0.15) is 0 Å². The van der Waals surface area contributed by atoms with Crippen molar-refractivity contribution in [2.45, 2.75) is 13.8 Å². The highest BCUT2D eigenvalue weighted by atomic mass is 15.2. The van der Waals surface area contributed by atoms with Crippen molar-refractivity contribution >= 4 is 11.8 Å². The third-order valence-corrected chi connectivity index (χ3v) is 4.03. The predicted molar refractivity (Wildman–Crippen MR) is 102 cm³/mol. The van der Waals surface area contributed by atoms with Crippen molar-refractivity contribution in [1.29, 1.82) is 0 Å². The first-order valence-corrected chi connectivity index (χ1v) is 8.14. The molecule has 2 aromatic heterocycles. The van der Waals surface area contributed by atoms with Gasteiger partial charge >= 0.3 is 0 Å². The van der Waals surface area contributed by atoms with Crippen LogP contribution in [0.5, 0.6) is 0 Å². The second-order valence-corrected chi connectivity index (χ2v) is 5.81. The molecule has 5 nitrogen and oxygen atoms in total. The van der Waals surface area contributed by atoms with E-state index in [0.717, 1.165) is 39.3 Å². The first kappa shape index (κ1) is 16.8. The van der Waals surface area contributed by atoms with Gasteiger partial charge in [-0.1, -0.05) is 24.3 Å². The van der Waals surface area contributed by atoms with Crippen LogP contribution in [0.15, 0.2) is 53.9 Å². The van der Waals surface area contributed by atoms with Gasteiger partial charge in [-0.25, -0.2) is 9.97 Å². The van der Waals surface area contributed by atoms with Gasteiger partial charge in [-0.15, -0.1) is 0 Å². The summed E-state index contributed by atoms with van der Waals surface area (Å²) in [5.74, 6) is 0.718. The van der Waals surface area contributed by atoms with E-state index in [9.17, 15) is 0 Å². The fourth-order valence-corrected chi connectivity index (χ4v) is 2.74. The van der Waals surface area contributed by atoms with Crippen molar-refractivity contribution in [1.82, 2.24) is 19.7 Å². The van der Waals surface area contributed by atoms with Crippen LogP contribution in [0.4, 0.5) is 0 Å². The molecule has 126 valence electrons. The molecular weight excluding hydrogens is 310 g/mol. The third-order valence-electron chi connectivity index (χ3n) is 4.03. The number of aliphatic imine (C=N–C) groups is 1. The largest absolute Gasteiger partial charge is 0.296 e. The van der Waals surface area contributed by atoms with E-state index in [1.54, 1.807) is 11.7 Å². The second kappa shape index (κ2) is 7.21. The Kier molecular flexibility index (Phi) is 4.84. The predicted octanol–water partition coefficient (Wildman–Crippen LogP) is 3.96. The number of allylic oxidation sites excluding steroid dienone is 2. The number of benzene rings is 1. The van der Waals surface area contributed by atoms with E-state index >= 15 is 0 Å². The van der Waals surface area contributed by atoms with Gasteiger partial charge in [0.15, 0.2) is 5.82 Å². The molecule has 0 atom stereocenters. The Balaban J connectivity index is 1.99. The van der Waals surface area contributed by atoms with Gasteiger partial charge < -0.3 is 0 Å². The van der Waals surface area contributed by atoms with Crippen molar-refractivity contribution in [3.8, 4) is 22.5 Å². The summed E-state index contributed by atoms with van der Waals surface area (Å²) in [6.07, 6.45) is 9.56. The van der Waals surface area contributed by atoms with Crippen LogP contribution in [-0.2, 0) is 7.05 Å². The highest BCUT2D eigenvalue weighted by Crippen LogP contribution is 2.25. The molecule has 2 heterocycles. The summed E-state index contributed by atoms with van der Waals surface area (Å²) >= 11 is 0. The number of hydrogen-bond acceptors (Lipinski definition) is 4. The zero-order valence-electron chi connectivity index (χ0n) is 14.9. The topological polar surface area (TPSA) is 56.0 Å². The molecular formula is C20H21N5. The molecule has 3 rings (SSSR count). The van der Waals surface area contributed by atoms with Gasteiger partial charge in [-0.3, -0.25) is 9.67 Å². The molecule has 0 amide bonds. The molecule has 0 aliphatic carbocycles. The summed E-state index contributed by atoms with van der Waals surface area (Å²) in [5.41, 5.74) is 6.12. The first-order chi connectivity index (χ1) is 12.1. The Morgan fingerprint density at radius 1 is 1.16 bits per heavy atom. The van der Waals surface area contributed by atoms with Gasteiger partial charge in [0.05, 0.1) is 6.20 Å². The highest BCUT2D eigenvalue weighted by Gasteiger charge is 2.09. The zero-order valence-corrected chi connectivity index (χ0v) is 14.9. The van der Waals surface area contributed by atoms with Crippen LogP contribution >= 0.6 is 0 Å². The fraction of sp³-hybridized carbons (Fsp3) is 0.200. The van der Waals surface area contributed by atoms with E-state index in [-0.39, 0.29) is 0 Å².